The van der Waals surface area contributed by atoms with Gasteiger partial charge in [-0.1, -0.05) is 46.3 Å². The minimum absolute atomic E-state index is 0.0314. The van der Waals surface area contributed by atoms with Crippen molar-refractivity contribution in [2.75, 3.05) is 33.4 Å². The Bertz CT molecular complexity index is 803. The Balaban J connectivity index is 1.59. The zero-order valence-electron chi connectivity index (χ0n) is 16.7. The highest BCUT2D eigenvalue weighted by molar-refractivity contribution is 9.10. The van der Waals surface area contributed by atoms with Gasteiger partial charge in [-0.25, -0.2) is 0 Å². The van der Waals surface area contributed by atoms with Gasteiger partial charge in [0.25, 0.3) is 5.91 Å². The van der Waals surface area contributed by atoms with Gasteiger partial charge in [-0.05, 0) is 42.7 Å². The second kappa shape index (κ2) is 10.6. The van der Waals surface area contributed by atoms with Gasteiger partial charge in [0.15, 0.2) is 0 Å². The first-order valence-electron chi connectivity index (χ1n) is 9.95. The molecule has 2 amide bonds. The van der Waals surface area contributed by atoms with Gasteiger partial charge < -0.3 is 14.5 Å². The lowest BCUT2D eigenvalue weighted by Gasteiger charge is -2.34. The number of methoxy groups -OCH3 is 1. The summed E-state index contributed by atoms with van der Waals surface area (Å²) in [5, 5.41) is 0. The van der Waals surface area contributed by atoms with E-state index in [1.165, 1.54) is 0 Å². The number of carbonyl (C=O) groups is 2. The summed E-state index contributed by atoms with van der Waals surface area (Å²) in [5.41, 5.74) is 1.79. The number of carbonyl (C=O) groups excluding carboxylic acids is 2. The summed E-state index contributed by atoms with van der Waals surface area (Å²) < 4.78 is 6.16. The van der Waals surface area contributed by atoms with Crippen LogP contribution >= 0.6 is 15.9 Å². The van der Waals surface area contributed by atoms with Crippen molar-refractivity contribution in [3.8, 4) is 0 Å². The van der Waals surface area contributed by atoms with Gasteiger partial charge >= 0.3 is 0 Å². The minimum atomic E-state index is -0.0514. The summed E-state index contributed by atoms with van der Waals surface area (Å²) in [6.45, 7) is 2.88. The Morgan fingerprint density at radius 2 is 1.72 bits per heavy atom. The Morgan fingerprint density at radius 3 is 2.34 bits per heavy atom. The van der Waals surface area contributed by atoms with Crippen molar-refractivity contribution in [1.29, 1.82) is 0 Å². The van der Waals surface area contributed by atoms with Crippen LogP contribution in [0.2, 0.25) is 0 Å². The first-order valence-corrected chi connectivity index (χ1v) is 10.7. The standard InChI is InChI=1S/C23H27BrN2O3/c1-29-16-15-26(17-18-5-3-2-4-6-18)23(28)20-11-13-25(14-12-20)22(27)19-7-9-21(24)10-8-19/h2-10,20H,11-17H2,1H3. The Kier molecular flexibility index (Phi) is 7.83. The molecule has 0 radical (unpaired) electrons. The molecule has 0 saturated carbocycles. The van der Waals surface area contributed by atoms with Crippen LogP contribution in [0.25, 0.3) is 0 Å². The van der Waals surface area contributed by atoms with Crippen LogP contribution in [0, 0.1) is 5.92 Å². The topological polar surface area (TPSA) is 49.9 Å². The van der Waals surface area contributed by atoms with E-state index < -0.39 is 0 Å². The first kappa shape index (κ1) is 21.5. The molecule has 1 heterocycles. The highest BCUT2D eigenvalue weighted by Gasteiger charge is 2.30. The number of nitrogens with zero attached hydrogens (tertiary/aromatic N) is 2. The molecule has 5 nitrogen and oxygen atoms in total. The third-order valence-corrected chi connectivity index (χ3v) is 5.84. The van der Waals surface area contributed by atoms with Gasteiger partial charge in [0.05, 0.1) is 6.61 Å². The maximum atomic E-state index is 13.2. The molecule has 3 rings (SSSR count). The van der Waals surface area contributed by atoms with Gasteiger partial charge in [0, 0.05) is 49.2 Å². The van der Waals surface area contributed by atoms with E-state index in [9.17, 15) is 9.59 Å². The van der Waals surface area contributed by atoms with Gasteiger partial charge in [0.2, 0.25) is 5.91 Å². The van der Waals surface area contributed by atoms with Crippen LogP contribution in [0.1, 0.15) is 28.8 Å². The number of hydrogen-bond donors (Lipinski definition) is 0. The van der Waals surface area contributed by atoms with E-state index >= 15 is 0 Å². The second-order valence-corrected chi connectivity index (χ2v) is 8.23. The molecule has 0 aromatic heterocycles. The lowest BCUT2D eigenvalue weighted by molar-refractivity contribution is -0.138. The number of likely N-dealkylation sites (tertiary alicyclic amines) is 1. The van der Waals surface area contributed by atoms with Crippen LogP contribution in [0.5, 0.6) is 0 Å². The molecule has 0 bridgehead atoms. The summed E-state index contributed by atoms with van der Waals surface area (Å²) in [6.07, 6.45) is 1.39. The van der Waals surface area contributed by atoms with Crippen LogP contribution in [0.3, 0.4) is 0 Å². The fourth-order valence-corrected chi connectivity index (χ4v) is 3.90. The Morgan fingerprint density at radius 1 is 1.07 bits per heavy atom. The summed E-state index contributed by atoms with van der Waals surface area (Å²) >= 11 is 3.39. The first-order chi connectivity index (χ1) is 14.1. The van der Waals surface area contributed by atoms with Crippen LogP contribution in [-0.4, -0.2) is 55.0 Å². The van der Waals surface area contributed by atoms with Crippen molar-refractivity contribution in [2.45, 2.75) is 19.4 Å². The molecule has 0 spiro atoms. The molecule has 0 unspecified atom stereocenters. The summed E-state index contributed by atoms with van der Waals surface area (Å²) in [6, 6.07) is 17.4. The maximum absolute atomic E-state index is 13.2. The lowest BCUT2D eigenvalue weighted by Crippen LogP contribution is -2.45. The van der Waals surface area contributed by atoms with Crippen LogP contribution in [0.4, 0.5) is 0 Å². The highest BCUT2D eigenvalue weighted by atomic mass is 79.9. The third kappa shape index (κ3) is 5.90. The largest absolute Gasteiger partial charge is 0.383 e. The molecule has 1 aliphatic rings. The zero-order chi connectivity index (χ0) is 20.6. The summed E-state index contributed by atoms with van der Waals surface area (Å²) in [5.74, 6) is 0.134. The predicted octanol–water partition coefficient (Wildman–Crippen LogP) is 3.98. The van der Waals surface area contributed by atoms with Crippen molar-refractivity contribution >= 4 is 27.7 Å². The molecule has 2 aromatic carbocycles. The quantitative estimate of drug-likeness (QED) is 0.630. The molecule has 2 aromatic rings. The van der Waals surface area contributed by atoms with Crippen molar-refractivity contribution in [3.05, 3.63) is 70.2 Å². The molecule has 0 aliphatic carbocycles. The van der Waals surface area contributed by atoms with E-state index in [4.69, 9.17) is 4.74 Å². The lowest BCUT2D eigenvalue weighted by atomic mass is 9.94. The molecule has 1 fully saturated rings. The van der Waals surface area contributed by atoms with E-state index in [1.807, 2.05) is 64.4 Å². The molecule has 154 valence electrons. The fraction of sp³-hybridized carbons (Fsp3) is 0.391. The molecular weight excluding hydrogens is 432 g/mol. The molecule has 0 N–H and O–H groups in total. The number of hydrogen-bond acceptors (Lipinski definition) is 3. The highest BCUT2D eigenvalue weighted by Crippen LogP contribution is 2.23. The minimum Gasteiger partial charge on any atom is -0.383 e. The van der Waals surface area contributed by atoms with Crippen LogP contribution < -0.4 is 0 Å². The molecule has 1 aliphatic heterocycles. The second-order valence-electron chi connectivity index (χ2n) is 7.31. The number of ether oxygens (including phenoxy) is 1. The molecule has 6 heteroatoms. The number of amides is 2. The monoisotopic (exact) mass is 458 g/mol. The number of benzene rings is 2. The van der Waals surface area contributed by atoms with Gasteiger partial charge in [0.1, 0.15) is 0 Å². The van der Waals surface area contributed by atoms with E-state index in [0.717, 1.165) is 10.0 Å². The van der Waals surface area contributed by atoms with Crippen LogP contribution in [-0.2, 0) is 16.1 Å². The van der Waals surface area contributed by atoms with Crippen molar-refractivity contribution in [3.63, 3.8) is 0 Å². The zero-order valence-corrected chi connectivity index (χ0v) is 18.3. The van der Waals surface area contributed by atoms with Crippen molar-refractivity contribution < 1.29 is 14.3 Å². The van der Waals surface area contributed by atoms with Gasteiger partial charge in [-0.2, -0.15) is 0 Å². The van der Waals surface area contributed by atoms with E-state index in [0.29, 0.717) is 51.2 Å². The van der Waals surface area contributed by atoms with E-state index in [2.05, 4.69) is 15.9 Å². The average Bonchev–Trinajstić information content (AvgIpc) is 2.77. The Labute approximate surface area is 180 Å². The van der Waals surface area contributed by atoms with Gasteiger partial charge in [-0.15, -0.1) is 0 Å². The van der Waals surface area contributed by atoms with Crippen molar-refractivity contribution in [1.82, 2.24) is 9.80 Å². The van der Waals surface area contributed by atoms with Crippen LogP contribution in [0.15, 0.2) is 59.1 Å². The number of rotatable bonds is 7. The van der Waals surface area contributed by atoms with Crippen molar-refractivity contribution in [2.24, 2.45) is 5.92 Å². The number of halogens is 1. The molecule has 29 heavy (non-hydrogen) atoms. The maximum Gasteiger partial charge on any atom is 0.253 e. The normalized spacial score (nSPS) is 14.6. The SMILES string of the molecule is COCCN(Cc1ccccc1)C(=O)C1CCN(C(=O)c2ccc(Br)cc2)CC1. The molecular formula is C23H27BrN2O3. The predicted molar refractivity (Wildman–Crippen MR) is 117 cm³/mol. The molecule has 0 atom stereocenters. The van der Waals surface area contributed by atoms with Gasteiger partial charge in [-0.3, -0.25) is 9.59 Å². The fourth-order valence-electron chi connectivity index (χ4n) is 3.64. The number of piperidine rings is 1. The third-order valence-electron chi connectivity index (χ3n) is 5.32. The molecule has 1 saturated heterocycles. The van der Waals surface area contributed by atoms with E-state index in [-0.39, 0.29) is 17.7 Å². The Hall–Kier alpha value is -2.18. The summed E-state index contributed by atoms with van der Waals surface area (Å²) in [4.78, 5) is 29.6. The average molecular weight is 459 g/mol. The summed E-state index contributed by atoms with van der Waals surface area (Å²) in [7, 11) is 1.65. The smallest absolute Gasteiger partial charge is 0.253 e. The van der Waals surface area contributed by atoms with E-state index in [1.54, 1.807) is 7.11 Å².